The van der Waals surface area contributed by atoms with Crippen molar-refractivity contribution in [3.63, 3.8) is 0 Å². The van der Waals surface area contributed by atoms with Crippen LogP contribution in [0.2, 0.25) is 0 Å². The highest BCUT2D eigenvalue weighted by molar-refractivity contribution is 9.10. The van der Waals surface area contributed by atoms with Crippen LogP contribution in [0.15, 0.2) is 82.6 Å². The van der Waals surface area contributed by atoms with Gasteiger partial charge in [-0.1, -0.05) is 34.1 Å². The number of para-hydroxylation sites is 1. The summed E-state index contributed by atoms with van der Waals surface area (Å²) < 4.78 is 0.880. The molecule has 0 atom stereocenters. The van der Waals surface area contributed by atoms with Gasteiger partial charge in [-0.05, 0) is 42.5 Å². The minimum Gasteiger partial charge on any atom is -0.322 e. The van der Waals surface area contributed by atoms with Crippen LogP contribution in [0.1, 0.15) is 15.9 Å². The van der Waals surface area contributed by atoms with Crippen LogP contribution in [0.25, 0.3) is 0 Å². The average molecular weight is 466 g/mol. The fourth-order valence-electron chi connectivity index (χ4n) is 2.37. The van der Waals surface area contributed by atoms with Gasteiger partial charge in [0, 0.05) is 28.1 Å². The summed E-state index contributed by atoms with van der Waals surface area (Å²) in [6.45, 7) is 0. The fraction of sp³-hybridized carbons (Fsp3) is 0. The molecule has 1 aromatic heterocycles. The lowest BCUT2D eigenvalue weighted by Gasteiger charge is -2.11. The molecule has 0 saturated carbocycles. The van der Waals surface area contributed by atoms with Gasteiger partial charge in [0.1, 0.15) is 0 Å². The molecule has 3 N–H and O–H groups in total. The molecule has 3 rings (SSSR count). The second-order valence-corrected chi connectivity index (χ2v) is 6.86. The van der Waals surface area contributed by atoms with E-state index in [0.29, 0.717) is 11.3 Å². The van der Waals surface area contributed by atoms with E-state index in [9.17, 15) is 14.4 Å². The maximum atomic E-state index is 12.6. The van der Waals surface area contributed by atoms with Gasteiger partial charge in [0.25, 0.3) is 5.91 Å². The van der Waals surface area contributed by atoms with E-state index < -0.39 is 17.7 Å². The minimum atomic E-state index is -0.974. The zero-order valence-corrected chi connectivity index (χ0v) is 17.1. The van der Waals surface area contributed by atoms with Crippen molar-refractivity contribution in [1.82, 2.24) is 10.4 Å². The molecule has 0 fully saturated rings. The van der Waals surface area contributed by atoms with Crippen LogP contribution in [0, 0.1) is 0 Å². The van der Waals surface area contributed by atoms with E-state index in [-0.39, 0.29) is 11.3 Å². The predicted octanol–water partition coefficient (Wildman–Crippen LogP) is 3.19. The maximum absolute atomic E-state index is 12.6. The van der Waals surface area contributed by atoms with E-state index in [1.54, 1.807) is 67.0 Å². The van der Waals surface area contributed by atoms with Crippen LogP contribution in [0.4, 0.5) is 11.4 Å². The maximum Gasteiger partial charge on any atom is 0.329 e. The molecule has 0 bridgehead atoms. The molecule has 3 aromatic rings. The highest BCUT2D eigenvalue weighted by atomic mass is 79.9. The van der Waals surface area contributed by atoms with Crippen LogP contribution in [0.5, 0.6) is 0 Å². The summed E-state index contributed by atoms with van der Waals surface area (Å²) in [5.74, 6) is -2.36. The molecule has 0 aliphatic carbocycles. The quantitative estimate of drug-likeness (QED) is 0.305. The Kier molecular flexibility index (Phi) is 7.01. The molecular formula is C21H16BrN5O3. The van der Waals surface area contributed by atoms with Gasteiger partial charge >= 0.3 is 11.8 Å². The average Bonchev–Trinajstić information content (AvgIpc) is 2.76. The minimum absolute atomic E-state index is 0.198. The third-order valence-electron chi connectivity index (χ3n) is 3.79. The van der Waals surface area contributed by atoms with E-state index in [2.05, 4.69) is 42.1 Å². The highest BCUT2D eigenvalue weighted by Crippen LogP contribution is 2.19. The Hall–Kier alpha value is -3.85. The molecule has 2 aromatic carbocycles. The number of benzene rings is 2. The number of nitrogens with one attached hydrogen (secondary N) is 3. The number of pyridine rings is 1. The Balaban J connectivity index is 1.64. The molecule has 1 heterocycles. The lowest BCUT2D eigenvalue weighted by atomic mass is 10.1. The van der Waals surface area contributed by atoms with E-state index in [1.807, 2.05) is 0 Å². The molecule has 0 aliphatic heterocycles. The number of halogens is 1. The second kappa shape index (κ2) is 10.1. The van der Waals surface area contributed by atoms with E-state index >= 15 is 0 Å². The Bertz CT molecular complexity index is 1090. The van der Waals surface area contributed by atoms with Gasteiger partial charge in [-0.25, -0.2) is 5.43 Å². The first-order valence-corrected chi connectivity index (χ1v) is 9.52. The number of anilines is 2. The van der Waals surface area contributed by atoms with Crippen molar-refractivity contribution in [2.75, 3.05) is 10.6 Å². The van der Waals surface area contributed by atoms with E-state index in [1.165, 1.54) is 12.3 Å². The second-order valence-electron chi connectivity index (χ2n) is 5.95. The molecular weight excluding hydrogens is 450 g/mol. The Morgan fingerprint density at radius 3 is 2.40 bits per heavy atom. The first-order chi connectivity index (χ1) is 14.5. The molecule has 0 unspecified atom stereocenters. The molecule has 3 amide bonds. The monoisotopic (exact) mass is 465 g/mol. The summed E-state index contributed by atoms with van der Waals surface area (Å²) >= 11 is 3.33. The summed E-state index contributed by atoms with van der Waals surface area (Å²) in [6.07, 6.45) is 4.52. The number of nitrogens with zero attached hydrogens (tertiary/aromatic N) is 2. The normalized spacial score (nSPS) is 10.4. The van der Waals surface area contributed by atoms with Gasteiger partial charge < -0.3 is 10.6 Å². The van der Waals surface area contributed by atoms with E-state index in [0.717, 1.165) is 4.47 Å². The van der Waals surface area contributed by atoms with Crippen molar-refractivity contribution in [3.05, 3.63) is 88.7 Å². The molecule has 0 aliphatic rings. The van der Waals surface area contributed by atoms with Gasteiger partial charge in [0.15, 0.2) is 0 Å². The summed E-state index contributed by atoms with van der Waals surface area (Å²) in [5.41, 5.74) is 3.79. The number of carbonyl (C=O) groups is 3. The van der Waals surface area contributed by atoms with Gasteiger partial charge in [-0.3, -0.25) is 19.4 Å². The first kappa shape index (κ1) is 20.9. The van der Waals surface area contributed by atoms with Crippen molar-refractivity contribution in [1.29, 1.82) is 0 Å². The lowest BCUT2D eigenvalue weighted by molar-refractivity contribution is -0.136. The van der Waals surface area contributed by atoms with Crippen molar-refractivity contribution in [2.24, 2.45) is 5.10 Å². The summed E-state index contributed by atoms with van der Waals surface area (Å²) in [4.78, 5) is 40.7. The number of hydrogen-bond donors (Lipinski definition) is 3. The number of rotatable bonds is 5. The van der Waals surface area contributed by atoms with Gasteiger partial charge in [0.05, 0.1) is 17.5 Å². The zero-order valence-electron chi connectivity index (χ0n) is 15.5. The number of amides is 3. The van der Waals surface area contributed by atoms with Gasteiger partial charge in [-0.2, -0.15) is 5.10 Å². The lowest BCUT2D eigenvalue weighted by Crippen LogP contribution is -2.33. The SMILES string of the molecule is O=C(N/N=C\c1cccnc1)C(=O)Nc1ccccc1C(=O)Nc1ccc(Br)cc1. The summed E-state index contributed by atoms with van der Waals surface area (Å²) in [5, 5.41) is 8.89. The van der Waals surface area contributed by atoms with Crippen LogP contribution in [-0.2, 0) is 9.59 Å². The van der Waals surface area contributed by atoms with Crippen molar-refractivity contribution < 1.29 is 14.4 Å². The highest BCUT2D eigenvalue weighted by Gasteiger charge is 2.17. The van der Waals surface area contributed by atoms with Crippen molar-refractivity contribution in [2.45, 2.75) is 0 Å². The first-order valence-electron chi connectivity index (χ1n) is 8.73. The molecule has 0 radical (unpaired) electrons. The largest absolute Gasteiger partial charge is 0.329 e. The molecule has 0 saturated heterocycles. The van der Waals surface area contributed by atoms with Gasteiger partial charge in [0.2, 0.25) is 0 Å². The number of aromatic nitrogens is 1. The molecule has 0 spiro atoms. The summed E-state index contributed by atoms with van der Waals surface area (Å²) in [7, 11) is 0. The number of carbonyl (C=O) groups excluding carboxylic acids is 3. The zero-order chi connectivity index (χ0) is 21.3. The fourth-order valence-corrected chi connectivity index (χ4v) is 2.63. The smallest absolute Gasteiger partial charge is 0.322 e. The molecule has 150 valence electrons. The third-order valence-corrected chi connectivity index (χ3v) is 4.32. The van der Waals surface area contributed by atoms with E-state index in [4.69, 9.17) is 0 Å². The molecule has 30 heavy (non-hydrogen) atoms. The van der Waals surface area contributed by atoms with Crippen LogP contribution in [0.3, 0.4) is 0 Å². The van der Waals surface area contributed by atoms with Crippen molar-refractivity contribution >= 4 is 51.2 Å². The standard InChI is InChI=1S/C21H16BrN5O3/c22-15-7-9-16(10-8-15)25-19(28)17-5-1-2-6-18(17)26-20(29)21(30)27-24-13-14-4-3-11-23-12-14/h1-13H,(H,25,28)(H,26,29)(H,27,30)/b24-13-. The third kappa shape index (κ3) is 5.82. The Morgan fingerprint density at radius 1 is 0.900 bits per heavy atom. The summed E-state index contributed by atoms with van der Waals surface area (Å²) in [6, 6.07) is 16.9. The van der Waals surface area contributed by atoms with Crippen LogP contribution >= 0.6 is 15.9 Å². The van der Waals surface area contributed by atoms with Crippen molar-refractivity contribution in [3.8, 4) is 0 Å². The molecule has 9 heteroatoms. The van der Waals surface area contributed by atoms with Crippen LogP contribution < -0.4 is 16.1 Å². The number of hydrogen-bond acceptors (Lipinski definition) is 5. The topological polar surface area (TPSA) is 113 Å². The Labute approximate surface area is 180 Å². The molecule has 8 nitrogen and oxygen atoms in total. The Morgan fingerprint density at radius 2 is 1.67 bits per heavy atom. The predicted molar refractivity (Wildman–Crippen MR) is 117 cm³/mol. The van der Waals surface area contributed by atoms with Crippen LogP contribution in [-0.4, -0.2) is 28.9 Å². The van der Waals surface area contributed by atoms with Gasteiger partial charge in [-0.15, -0.1) is 0 Å². The number of hydrazone groups is 1.